The lowest BCUT2D eigenvalue weighted by atomic mass is 10.2. The van der Waals surface area contributed by atoms with Crippen LogP contribution in [0.5, 0.6) is 0 Å². The van der Waals surface area contributed by atoms with Gasteiger partial charge in [0, 0.05) is 0 Å². The second kappa shape index (κ2) is 5.04. The minimum absolute atomic E-state index is 1.10. The molecule has 10 heavy (non-hydrogen) atoms. The average molecular weight is 136 g/mol. The molecule has 0 aromatic rings. The lowest BCUT2D eigenvalue weighted by Crippen LogP contribution is -1.67. The van der Waals surface area contributed by atoms with Gasteiger partial charge in [-0.25, -0.2) is 0 Å². The summed E-state index contributed by atoms with van der Waals surface area (Å²) in [6.45, 7) is 10.0. The summed E-state index contributed by atoms with van der Waals surface area (Å²) in [6.07, 6.45) is 7.30. The van der Waals surface area contributed by atoms with Crippen LogP contribution in [0.3, 0.4) is 0 Å². The zero-order valence-electron chi connectivity index (χ0n) is 7.15. The Labute approximate surface area is 64.0 Å². The fourth-order valence-corrected chi connectivity index (χ4v) is 0.494. The fraction of sp³-hybridized carbons (Fsp3) is 0.400. The zero-order valence-corrected chi connectivity index (χ0v) is 7.15. The summed E-state index contributed by atoms with van der Waals surface area (Å²) in [6, 6.07) is 0. The molecule has 0 amide bonds. The fourth-order valence-electron chi connectivity index (χ4n) is 0.494. The van der Waals surface area contributed by atoms with Crippen molar-refractivity contribution in [2.75, 3.05) is 0 Å². The Morgan fingerprint density at radius 2 is 2.00 bits per heavy atom. The van der Waals surface area contributed by atoms with Crippen LogP contribution in [0.2, 0.25) is 0 Å². The molecule has 0 radical (unpaired) electrons. The van der Waals surface area contributed by atoms with E-state index >= 15 is 0 Å². The lowest BCUT2D eigenvalue weighted by Gasteiger charge is -1.88. The Morgan fingerprint density at radius 3 is 2.40 bits per heavy atom. The normalized spacial score (nSPS) is 12.5. The summed E-state index contributed by atoms with van der Waals surface area (Å²) in [5, 5.41) is 0. The van der Waals surface area contributed by atoms with E-state index in [1.807, 2.05) is 19.1 Å². The van der Waals surface area contributed by atoms with E-state index in [0.29, 0.717) is 0 Å². The highest BCUT2D eigenvalue weighted by Gasteiger charge is 1.77. The highest BCUT2D eigenvalue weighted by atomic mass is 13.8. The number of hydrogen-bond donors (Lipinski definition) is 0. The van der Waals surface area contributed by atoms with Crippen LogP contribution < -0.4 is 0 Å². The van der Waals surface area contributed by atoms with Crippen LogP contribution >= 0.6 is 0 Å². The molecule has 0 N–H and O–H groups in total. The summed E-state index contributed by atoms with van der Waals surface area (Å²) in [7, 11) is 0. The minimum Gasteiger partial charge on any atom is -0.0961 e. The first-order valence-electron chi connectivity index (χ1n) is 3.66. The molecule has 0 bridgehead atoms. The van der Waals surface area contributed by atoms with Crippen LogP contribution in [0.1, 0.15) is 27.2 Å². The largest absolute Gasteiger partial charge is 0.0961 e. The maximum Gasteiger partial charge on any atom is -0.0349 e. The van der Waals surface area contributed by atoms with Crippen LogP contribution in [0.4, 0.5) is 0 Å². The monoisotopic (exact) mass is 136 g/mol. The van der Waals surface area contributed by atoms with Gasteiger partial charge in [-0.3, -0.25) is 0 Å². The molecule has 0 heteroatoms. The van der Waals surface area contributed by atoms with E-state index in [9.17, 15) is 0 Å². The third kappa shape index (κ3) is 5.36. The Bertz CT molecular complexity index is 159. The molecular formula is C10H16. The summed E-state index contributed by atoms with van der Waals surface area (Å²) >= 11 is 0. The second-order valence-corrected chi connectivity index (χ2v) is 2.57. The van der Waals surface area contributed by atoms with Crippen LogP contribution in [0, 0.1) is 0 Å². The molecule has 0 aliphatic heterocycles. The predicted octanol–water partition coefficient (Wildman–Crippen LogP) is 3.48. The van der Waals surface area contributed by atoms with Crippen molar-refractivity contribution in [3.8, 4) is 0 Å². The van der Waals surface area contributed by atoms with Crippen molar-refractivity contribution in [1.29, 1.82) is 0 Å². The van der Waals surface area contributed by atoms with Gasteiger partial charge in [0.25, 0.3) is 0 Å². The third-order valence-electron chi connectivity index (χ3n) is 1.32. The second-order valence-electron chi connectivity index (χ2n) is 2.57. The summed E-state index contributed by atoms with van der Waals surface area (Å²) in [5.41, 5.74) is 2.50. The Hall–Kier alpha value is -0.780. The van der Waals surface area contributed by atoms with Gasteiger partial charge in [0.1, 0.15) is 0 Å². The molecule has 0 aromatic heterocycles. The van der Waals surface area contributed by atoms with Gasteiger partial charge < -0.3 is 0 Å². The lowest BCUT2D eigenvalue weighted by molar-refractivity contribution is 1.10. The van der Waals surface area contributed by atoms with Gasteiger partial charge in [0.05, 0.1) is 0 Å². The number of allylic oxidation sites excluding steroid dienone is 5. The molecule has 0 fully saturated rings. The maximum atomic E-state index is 3.76. The first-order chi connectivity index (χ1) is 4.66. The molecule has 0 unspecified atom stereocenters. The van der Waals surface area contributed by atoms with Gasteiger partial charge in [0.2, 0.25) is 0 Å². The van der Waals surface area contributed by atoms with E-state index in [4.69, 9.17) is 0 Å². The highest BCUT2D eigenvalue weighted by Crippen LogP contribution is 1.98. The Morgan fingerprint density at radius 1 is 1.40 bits per heavy atom. The summed E-state index contributed by atoms with van der Waals surface area (Å²) in [4.78, 5) is 0. The van der Waals surface area contributed by atoms with Crippen molar-refractivity contribution in [2.45, 2.75) is 27.2 Å². The first kappa shape index (κ1) is 9.22. The molecule has 56 valence electrons. The van der Waals surface area contributed by atoms with E-state index in [0.717, 1.165) is 12.0 Å². The van der Waals surface area contributed by atoms with Crippen molar-refractivity contribution < 1.29 is 0 Å². The molecule has 0 aromatic carbocycles. The van der Waals surface area contributed by atoms with Gasteiger partial charge in [-0.15, -0.1) is 0 Å². The molecule has 0 nitrogen and oxygen atoms in total. The van der Waals surface area contributed by atoms with Gasteiger partial charge in [0.15, 0.2) is 0 Å². The summed E-state index contributed by atoms with van der Waals surface area (Å²) < 4.78 is 0. The van der Waals surface area contributed by atoms with Crippen molar-refractivity contribution in [3.63, 3.8) is 0 Å². The van der Waals surface area contributed by atoms with E-state index < -0.39 is 0 Å². The Kier molecular flexibility index (Phi) is 4.65. The van der Waals surface area contributed by atoms with E-state index in [-0.39, 0.29) is 0 Å². The van der Waals surface area contributed by atoms with Crippen molar-refractivity contribution in [2.24, 2.45) is 0 Å². The molecule has 0 spiro atoms. The van der Waals surface area contributed by atoms with Gasteiger partial charge in [-0.05, 0) is 20.3 Å². The first-order valence-corrected chi connectivity index (χ1v) is 3.66. The summed E-state index contributed by atoms with van der Waals surface area (Å²) in [5.74, 6) is 0. The van der Waals surface area contributed by atoms with Crippen molar-refractivity contribution >= 4 is 0 Å². The predicted molar refractivity (Wildman–Crippen MR) is 48.0 cm³/mol. The molecule has 0 saturated heterocycles. The SMILES string of the molecule is C=C(C)/C=C/C=C(/C)CC. The standard InChI is InChI=1S/C10H16/c1-5-10(4)8-6-7-9(2)3/h6-8H,2,5H2,1,3-4H3/b7-6+,10-8-. The topological polar surface area (TPSA) is 0 Å². The molecular weight excluding hydrogens is 120 g/mol. The third-order valence-corrected chi connectivity index (χ3v) is 1.32. The number of rotatable bonds is 3. The molecule has 0 heterocycles. The zero-order chi connectivity index (χ0) is 7.98. The van der Waals surface area contributed by atoms with Crippen molar-refractivity contribution in [1.82, 2.24) is 0 Å². The average Bonchev–Trinajstić information content (AvgIpc) is 1.87. The van der Waals surface area contributed by atoms with Crippen LogP contribution in [0.15, 0.2) is 36.0 Å². The van der Waals surface area contributed by atoms with E-state index in [1.54, 1.807) is 0 Å². The smallest absolute Gasteiger partial charge is 0.0349 e. The molecule has 0 rings (SSSR count). The minimum atomic E-state index is 1.10. The van der Waals surface area contributed by atoms with Crippen molar-refractivity contribution in [3.05, 3.63) is 36.0 Å². The maximum absolute atomic E-state index is 3.76. The van der Waals surface area contributed by atoms with Crippen LogP contribution in [-0.2, 0) is 0 Å². The van der Waals surface area contributed by atoms with Gasteiger partial charge >= 0.3 is 0 Å². The van der Waals surface area contributed by atoms with Gasteiger partial charge in [-0.2, -0.15) is 0 Å². The molecule has 0 atom stereocenters. The molecule has 0 aliphatic rings. The Balaban J connectivity index is 3.82. The number of hydrogen-bond acceptors (Lipinski definition) is 0. The van der Waals surface area contributed by atoms with E-state index in [1.165, 1.54) is 5.57 Å². The highest BCUT2D eigenvalue weighted by molar-refractivity contribution is 5.19. The molecule has 0 aliphatic carbocycles. The van der Waals surface area contributed by atoms with Crippen LogP contribution in [-0.4, -0.2) is 0 Å². The van der Waals surface area contributed by atoms with Gasteiger partial charge in [-0.1, -0.05) is 42.9 Å². The van der Waals surface area contributed by atoms with Crippen LogP contribution in [0.25, 0.3) is 0 Å². The van der Waals surface area contributed by atoms with E-state index in [2.05, 4.69) is 26.5 Å². The molecule has 0 saturated carbocycles. The quantitative estimate of drug-likeness (QED) is 0.521.